The molecule has 0 saturated heterocycles. The van der Waals surface area contributed by atoms with E-state index in [2.05, 4.69) is 61.5 Å². The van der Waals surface area contributed by atoms with Gasteiger partial charge in [0.25, 0.3) is 0 Å². The summed E-state index contributed by atoms with van der Waals surface area (Å²) in [5.74, 6) is 4.15. The van der Waals surface area contributed by atoms with Gasteiger partial charge in [0, 0.05) is 0 Å². The van der Waals surface area contributed by atoms with Crippen LogP contribution in [0.25, 0.3) is 0 Å². The van der Waals surface area contributed by atoms with Crippen molar-refractivity contribution in [2.45, 2.75) is 126 Å². The molecule has 0 amide bonds. The van der Waals surface area contributed by atoms with E-state index in [9.17, 15) is 5.11 Å². The van der Waals surface area contributed by atoms with E-state index >= 15 is 0 Å². The van der Waals surface area contributed by atoms with E-state index < -0.39 is 0 Å². The fraction of sp³-hybridized carbons (Fsp3) is 0.935. The van der Waals surface area contributed by atoms with Crippen LogP contribution in [0.1, 0.15) is 120 Å². The smallest absolute Gasteiger partial charge is 0.0594 e. The molecule has 0 aliphatic heterocycles. The molecule has 9 unspecified atom stereocenters. The van der Waals surface area contributed by atoms with Crippen LogP contribution in [0.2, 0.25) is 0 Å². The summed E-state index contributed by atoms with van der Waals surface area (Å²) in [5, 5.41) is 10.8. The summed E-state index contributed by atoms with van der Waals surface area (Å²) in [6, 6.07) is 0. The SMILES string of the molecule is CC(CCC1CC1(C)C)C1CCC2(C)C3CCC4C(C)(CCC(O)C4(C)C)C3=CCC12C. The highest BCUT2D eigenvalue weighted by Gasteiger charge is 2.65. The lowest BCUT2D eigenvalue weighted by Gasteiger charge is -2.64. The first-order chi connectivity index (χ1) is 14.8. The van der Waals surface area contributed by atoms with Gasteiger partial charge in [-0.15, -0.1) is 0 Å². The maximum Gasteiger partial charge on any atom is 0.0594 e. The van der Waals surface area contributed by atoms with Gasteiger partial charge in [-0.05, 0) is 114 Å². The molecule has 32 heavy (non-hydrogen) atoms. The second-order valence-corrected chi connectivity index (χ2v) is 15.3. The molecule has 0 aromatic heterocycles. The largest absolute Gasteiger partial charge is 0.393 e. The van der Waals surface area contributed by atoms with Crippen molar-refractivity contribution in [2.24, 2.45) is 56.7 Å². The van der Waals surface area contributed by atoms with E-state index in [-0.39, 0.29) is 11.5 Å². The normalized spacial score (nSPS) is 51.8. The maximum atomic E-state index is 10.8. The van der Waals surface area contributed by atoms with Crippen molar-refractivity contribution in [3.63, 3.8) is 0 Å². The number of aliphatic hydroxyl groups is 1. The van der Waals surface area contributed by atoms with Gasteiger partial charge in [-0.3, -0.25) is 0 Å². The molecular formula is C31H52O. The Balaban J connectivity index is 1.40. The number of hydrogen-bond donors (Lipinski definition) is 1. The molecule has 0 heterocycles. The molecule has 5 aliphatic rings. The van der Waals surface area contributed by atoms with Crippen LogP contribution in [-0.4, -0.2) is 11.2 Å². The molecule has 0 spiro atoms. The predicted molar refractivity (Wildman–Crippen MR) is 135 cm³/mol. The van der Waals surface area contributed by atoms with E-state index in [1.165, 1.54) is 57.8 Å². The Kier molecular flexibility index (Phi) is 5.21. The number of rotatable bonds is 4. The zero-order valence-electron chi connectivity index (χ0n) is 22.6. The molecule has 1 N–H and O–H groups in total. The Morgan fingerprint density at radius 1 is 0.938 bits per heavy atom. The molecule has 0 radical (unpaired) electrons. The minimum atomic E-state index is -0.129. The van der Waals surface area contributed by atoms with Crippen LogP contribution in [0.5, 0.6) is 0 Å². The molecule has 0 aromatic carbocycles. The zero-order chi connectivity index (χ0) is 23.3. The van der Waals surface area contributed by atoms with Crippen molar-refractivity contribution in [2.75, 3.05) is 0 Å². The topological polar surface area (TPSA) is 20.2 Å². The zero-order valence-corrected chi connectivity index (χ0v) is 22.6. The molecular weight excluding hydrogens is 388 g/mol. The molecule has 182 valence electrons. The van der Waals surface area contributed by atoms with E-state index in [0.717, 1.165) is 30.1 Å². The summed E-state index contributed by atoms with van der Waals surface area (Å²) in [5.41, 5.74) is 3.73. The van der Waals surface area contributed by atoms with Crippen molar-refractivity contribution in [1.29, 1.82) is 0 Å². The summed E-state index contributed by atoms with van der Waals surface area (Å²) < 4.78 is 0. The lowest BCUT2D eigenvalue weighted by atomic mass is 9.41. The molecule has 4 fully saturated rings. The Labute approximate surface area is 199 Å². The Morgan fingerprint density at radius 2 is 1.62 bits per heavy atom. The molecule has 5 rings (SSSR count). The highest BCUT2D eigenvalue weighted by Crippen LogP contribution is 2.73. The second kappa shape index (κ2) is 7.11. The van der Waals surface area contributed by atoms with Gasteiger partial charge in [-0.1, -0.05) is 73.5 Å². The summed E-state index contributed by atoms with van der Waals surface area (Å²) in [7, 11) is 0. The fourth-order valence-electron chi connectivity index (χ4n) is 10.4. The van der Waals surface area contributed by atoms with Gasteiger partial charge in [0.05, 0.1) is 6.10 Å². The van der Waals surface area contributed by atoms with Crippen LogP contribution in [-0.2, 0) is 0 Å². The molecule has 0 bridgehead atoms. The average Bonchev–Trinajstić information content (AvgIpc) is 3.22. The minimum absolute atomic E-state index is 0.0454. The van der Waals surface area contributed by atoms with Gasteiger partial charge in [0.2, 0.25) is 0 Å². The Bertz CT molecular complexity index is 790. The van der Waals surface area contributed by atoms with E-state index in [1.807, 2.05) is 5.57 Å². The maximum absolute atomic E-state index is 10.8. The van der Waals surface area contributed by atoms with Crippen molar-refractivity contribution in [3.8, 4) is 0 Å². The van der Waals surface area contributed by atoms with Crippen LogP contribution >= 0.6 is 0 Å². The van der Waals surface area contributed by atoms with E-state index in [0.29, 0.717) is 27.6 Å². The van der Waals surface area contributed by atoms with E-state index in [4.69, 9.17) is 0 Å². The molecule has 1 nitrogen and oxygen atoms in total. The highest BCUT2D eigenvalue weighted by atomic mass is 16.3. The highest BCUT2D eigenvalue weighted by molar-refractivity contribution is 5.32. The van der Waals surface area contributed by atoms with Crippen LogP contribution in [0.4, 0.5) is 0 Å². The third-order valence-corrected chi connectivity index (χ3v) is 13.2. The molecule has 5 aliphatic carbocycles. The molecule has 1 heteroatoms. The summed E-state index contributed by atoms with van der Waals surface area (Å²) in [4.78, 5) is 0. The van der Waals surface area contributed by atoms with Gasteiger partial charge >= 0.3 is 0 Å². The van der Waals surface area contributed by atoms with Crippen molar-refractivity contribution in [3.05, 3.63) is 11.6 Å². The minimum Gasteiger partial charge on any atom is -0.393 e. The van der Waals surface area contributed by atoms with Crippen LogP contribution < -0.4 is 0 Å². The van der Waals surface area contributed by atoms with Gasteiger partial charge in [-0.2, -0.15) is 0 Å². The lowest BCUT2D eigenvalue weighted by molar-refractivity contribution is -0.118. The van der Waals surface area contributed by atoms with Gasteiger partial charge in [0.1, 0.15) is 0 Å². The first-order valence-electron chi connectivity index (χ1n) is 14.2. The van der Waals surface area contributed by atoms with Crippen LogP contribution in [0, 0.1) is 56.7 Å². The van der Waals surface area contributed by atoms with Gasteiger partial charge in [-0.25, -0.2) is 0 Å². The van der Waals surface area contributed by atoms with Gasteiger partial charge < -0.3 is 5.11 Å². The van der Waals surface area contributed by atoms with Crippen molar-refractivity contribution >= 4 is 0 Å². The number of hydrogen-bond acceptors (Lipinski definition) is 1. The van der Waals surface area contributed by atoms with Gasteiger partial charge in [0.15, 0.2) is 0 Å². The standard InChI is InChI=1S/C31H52O/c1-20(9-10-21-19-27(21,2)3)22-13-17-31(8)24-11-12-25-28(4,5)26(32)15-16-29(25,6)23(24)14-18-30(22,31)7/h14,20-22,24-26,32H,9-13,15-19H2,1-8H3. The second-order valence-electron chi connectivity index (χ2n) is 15.3. The lowest BCUT2D eigenvalue weighted by Crippen LogP contribution is -2.57. The Morgan fingerprint density at radius 3 is 2.28 bits per heavy atom. The number of allylic oxidation sites excluding steroid dienone is 2. The van der Waals surface area contributed by atoms with Crippen molar-refractivity contribution < 1.29 is 5.11 Å². The number of aliphatic hydroxyl groups excluding tert-OH is 1. The molecule has 0 aromatic rings. The summed E-state index contributed by atoms with van der Waals surface area (Å²) in [6.45, 7) is 20.2. The van der Waals surface area contributed by atoms with Crippen LogP contribution in [0.15, 0.2) is 11.6 Å². The summed E-state index contributed by atoms with van der Waals surface area (Å²) >= 11 is 0. The third kappa shape index (κ3) is 3.04. The third-order valence-electron chi connectivity index (χ3n) is 13.2. The monoisotopic (exact) mass is 440 g/mol. The predicted octanol–water partition coefficient (Wildman–Crippen LogP) is 8.41. The molecule has 4 saturated carbocycles. The Hall–Kier alpha value is -0.300. The summed E-state index contributed by atoms with van der Waals surface area (Å²) in [6.07, 6.45) is 16.0. The quantitative estimate of drug-likeness (QED) is 0.435. The first kappa shape index (κ1) is 23.4. The molecule has 9 atom stereocenters. The number of fused-ring (bicyclic) bond motifs is 5. The average molecular weight is 441 g/mol. The van der Waals surface area contributed by atoms with Crippen molar-refractivity contribution in [1.82, 2.24) is 0 Å². The van der Waals surface area contributed by atoms with Crippen LogP contribution in [0.3, 0.4) is 0 Å². The fourth-order valence-corrected chi connectivity index (χ4v) is 10.4. The van der Waals surface area contributed by atoms with E-state index in [1.54, 1.807) is 0 Å². The first-order valence-corrected chi connectivity index (χ1v) is 14.2.